The van der Waals surface area contributed by atoms with Crippen LogP contribution in [-0.2, 0) is 25.5 Å². The molecule has 1 aliphatic rings. The van der Waals surface area contributed by atoms with E-state index in [-0.39, 0.29) is 11.9 Å². The summed E-state index contributed by atoms with van der Waals surface area (Å²) in [4.78, 5) is 25.1. The zero-order valence-electron chi connectivity index (χ0n) is 17.0. The summed E-state index contributed by atoms with van der Waals surface area (Å²) in [5.41, 5.74) is 2.66. The highest BCUT2D eigenvalue weighted by atomic mass is 16.6. The van der Waals surface area contributed by atoms with E-state index in [2.05, 4.69) is 5.32 Å². The summed E-state index contributed by atoms with van der Waals surface area (Å²) in [6, 6.07) is 14.7. The number of nitrogens with one attached hydrogen (secondary N) is 1. The Morgan fingerprint density at radius 1 is 1.14 bits per heavy atom. The molecule has 1 amide bonds. The van der Waals surface area contributed by atoms with Crippen molar-refractivity contribution in [3.8, 4) is 5.75 Å². The molecule has 0 aliphatic heterocycles. The van der Waals surface area contributed by atoms with E-state index in [1.807, 2.05) is 48.5 Å². The summed E-state index contributed by atoms with van der Waals surface area (Å²) in [5.74, 6) is 0.113. The predicted octanol–water partition coefficient (Wildman–Crippen LogP) is 3.51. The highest BCUT2D eigenvalue weighted by Gasteiger charge is 2.36. The number of hydrogen-bond acceptors (Lipinski definition) is 5. The van der Waals surface area contributed by atoms with Crippen LogP contribution in [0.15, 0.2) is 48.5 Å². The lowest BCUT2D eigenvalue weighted by Gasteiger charge is -2.34. The molecule has 0 saturated heterocycles. The monoisotopic (exact) mass is 397 g/mol. The fourth-order valence-corrected chi connectivity index (χ4v) is 3.66. The number of rotatable bonds is 7. The van der Waals surface area contributed by atoms with E-state index in [1.54, 1.807) is 14.0 Å². The van der Waals surface area contributed by atoms with Gasteiger partial charge in [-0.3, -0.25) is 4.79 Å². The third-order valence-electron chi connectivity index (χ3n) is 5.21. The first-order valence-electron chi connectivity index (χ1n) is 9.81. The summed E-state index contributed by atoms with van der Waals surface area (Å²) in [6.45, 7) is 1.80. The Morgan fingerprint density at radius 3 is 2.55 bits per heavy atom. The van der Waals surface area contributed by atoms with Gasteiger partial charge in [0.2, 0.25) is 5.91 Å². The fraction of sp³-hybridized carbons (Fsp3) is 0.391. The van der Waals surface area contributed by atoms with Crippen LogP contribution < -0.4 is 10.1 Å². The number of hydrogen-bond donors (Lipinski definition) is 1. The highest BCUT2D eigenvalue weighted by molar-refractivity contribution is 5.78. The molecule has 0 saturated carbocycles. The van der Waals surface area contributed by atoms with Gasteiger partial charge in [-0.25, -0.2) is 4.79 Å². The molecule has 0 aromatic heterocycles. The smallest absolute Gasteiger partial charge is 0.340 e. The van der Waals surface area contributed by atoms with E-state index in [0.29, 0.717) is 18.6 Å². The molecule has 1 N–H and O–H groups in total. The Morgan fingerprint density at radius 2 is 1.90 bits per heavy atom. The van der Waals surface area contributed by atoms with Crippen molar-refractivity contribution in [2.75, 3.05) is 14.2 Å². The van der Waals surface area contributed by atoms with Gasteiger partial charge >= 0.3 is 5.97 Å². The SMILES string of the molecule is CCC(=O)N[C@@H]1CCc2ccc(OC)cc2[C@H]1OC(=O)[C@@H](OC)c1ccccc1. The van der Waals surface area contributed by atoms with Crippen molar-refractivity contribution in [1.82, 2.24) is 5.32 Å². The third kappa shape index (κ3) is 4.77. The summed E-state index contributed by atoms with van der Waals surface area (Å²) in [5, 5.41) is 3.00. The van der Waals surface area contributed by atoms with Crippen LogP contribution in [0, 0.1) is 0 Å². The van der Waals surface area contributed by atoms with Crippen molar-refractivity contribution < 1.29 is 23.8 Å². The van der Waals surface area contributed by atoms with Crippen LogP contribution in [0.2, 0.25) is 0 Å². The Balaban J connectivity index is 1.91. The molecule has 6 nitrogen and oxygen atoms in total. The van der Waals surface area contributed by atoms with Crippen molar-refractivity contribution in [3.63, 3.8) is 0 Å². The predicted molar refractivity (Wildman–Crippen MR) is 109 cm³/mol. The van der Waals surface area contributed by atoms with Crippen molar-refractivity contribution in [2.45, 2.75) is 44.4 Å². The van der Waals surface area contributed by atoms with Crippen molar-refractivity contribution >= 4 is 11.9 Å². The minimum absolute atomic E-state index is 0.0752. The van der Waals surface area contributed by atoms with Gasteiger partial charge in [-0.05, 0) is 36.1 Å². The van der Waals surface area contributed by atoms with Crippen LogP contribution in [0.4, 0.5) is 0 Å². The number of carbonyl (C=O) groups is 2. The Hall–Kier alpha value is -2.86. The van der Waals surface area contributed by atoms with Gasteiger partial charge in [-0.2, -0.15) is 0 Å². The second-order valence-corrected chi connectivity index (χ2v) is 7.01. The summed E-state index contributed by atoms with van der Waals surface area (Å²) in [7, 11) is 3.07. The largest absolute Gasteiger partial charge is 0.497 e. The summed E-state index contributed by atoms with van der Waals surface area (Å²) >= 11 is 0. The second-order valence-electron chi connectivity index (χ2n) is 7.01. The molecular weight excluding hydrogens is 370 g/mol. The molecule has 1 aliphatic carbocycles. The molecular formula is C23H27NO5. The number of aryl methyl sites for hydroxylation is 1. The standard InChI is InChI=1S/C23H27NO5/c1-4-20(25)24-19-13-11-15-10-12-17(27-2)14-18(15)22(19)29-23(26)21(28-3)16-8-6-5-7-9-16/h5-10,12,14,19,21-22H,4,11,13H2,1-3H3,(H,24,25)/t19-,21+,22-/m1/s1. The average Bonchev–Trinajstić information content (AvgIpc) is 2.76. The first-order chi connectivity index (χ1) is 14.1. The van der Waals surface area contributed by atoms with Gasteiger partial charge in [0.15, 0.2) is 6.10 Å². The molecule has 2 aromatic carbocycles. The highest BCUT2D eigenvalue weighted by Crippen LogP contribution is 2.36. The Kier molecular flexibility index (Phi) is 6.88. The number of esters is 1. The van der Waals surface area contributed by atoms with E-state index in [0.717, 1.165) is 23.1 Å². The molecule has 3 atom stereocenters. The molecule has 3 rings (SSSR count). The van der Waals surface area contributed by atoms with Crippen LogP contribution in [0.25, 0.3) is 0 Å². The van der Waals surface area contributed by atoms with Crippen LogP contribution in [0.3, 0.4) is 0 Å². The van der Waals surface area contributed by atoms with Crippen LogP contribution in [0.1, 0.15) is 48.7 Å². The van der Waals surface area contributed by atoms with E-state index in [9.17, 15) is 9.59 Å². The topological polar surface area (TPSA) is 73.9 Å². The number of benzene rings is 2. The summed E-state index contributed by atoms with van der Waals surface area (Å²) < 4.78 is 16.7. The minimum Gasteiger partial charge on any atom is -0.497 e. The van der Waals surface area contributed by atoms with Crippen molar-refractivity contribution in [3.05, 3.63) is 65.2 Å². The van der Waals surface area contributed by atoms with E-state index >= 15 is 0 Å². The number of fused-ring (bicyclic) bond motifs is 1. The van der Waals surface area contributed by atoms with E-state index < -0.39 is 18.2 Å². The molecule has 0 radical (unpaired) electrons. The lowest BCUT2D eigenvalue weighted by molar-refractivity contribution is -0.164. The number of methoxy groups -OCH3 is 2. The maximum absolute atomic E-state index is 13.0. The van der Waals surface area contributed by atoms with E-state index in [4.69, 9.17) is 14.2 Å². The quantitative estimate of drug-likeness (QED) is 0.724. The first-order valence-corrected chi connectivity index (χ1v) is 9.81. The van der Waals surface area contributed by atoms with Gasteiger partial charge in [0.1, 0.15) is 11.9 Å². The number of ether oxygens (including phenoxy) is 3. The molecule has 6 heteroatoms. The van der Waals surface area contributed by atoms with Crippen molar-refractivity contribution in [1.29, 1.82) is 0 Å². The maximum atomic E-state index is 13.0. The van der Waals surface area contributed by atoms with Gasteiger partial charge in [-0.1, -0.05) is 43.3 Å². The van der Waals surface area contributed by atoms with Crippen molar-refractivity contribution in [2.24, 2.45) is 0 Å². The fourth-order valence-electron chi connectivity index (χ4n) is 3.66. The minimum atomic E-state index is -0.838. The normalized spacial score (nSPS) is 19.0. The van der Waals surface area contributed by atoms with Gasteiger partial charge in [0, 0.05) is 19.1 Å². The lowest BCUT2D eigenvalue weighted by Crippen LogP contribution is -2.43. The summed E-state index contributed by atoms with van der Waals surface area (Å²) in [6.07, 6.45) is 0.390. The van der Waals surface area contributed by atoms with Gasteiger partial charge in [0.05, 0.1) is 13.2 Å². The number of amides is 1. The van der Waals surface area contributed by atoms with Crippen LogP contribution in [0.5, 0.6) is 5.75 Å². The van der Waals surface area contributed by atoms with Gasteiger partial charge in [0.25, 0.3) is 0 Å². The first kappa shape index (κ1) is 20.9. The van der Waals surface area contributed by atoms with Gasteiger partial charge < -0.3 is 19.5 Å². The molecule has 0 fully saturated rings. The number of carbonyl (C=O) groups excluding carboxylic acids is 2. The molecule has 0 bridgehead atoms. The van der Waals surface area contributed by atoms with Gasteiger partial charge in [-0.15, -0.1) is 0 Å². The molecule has 0 heterocycles. The average molecular weight is 397 g/mol. The Bertz CT molecular complexity index is 852. The zero-order valence-corrected chi connectivity index (χ0v) is 17.0. The lowest BCUT2D eigenvalue weighted by atomic mass is 9.85. The molecule has 0 spiro atoms. The molecule has 29 heavy (non-hydrogen) atoms. The molecule has 0 unspecified atom stereocenters. The van der Waals surface area contributed by atoms with Crippen LogP contribution in [-0.4, -0.2) is 32.1 Å². The molecule has 154 valence electrons. The zero-order chi connectivity index (χ0) is 20.8. The maximum Gasteiger partial charge on any atom is 0.340 e. The third-order valence-corrected chi connectivity index (χ3v) is 5.21. The van der Waals surface area contributed by atoms with E-state index in [1.165, 1.54) is 7.11 Å². The Labute approximate surface area is 171 Å². The molecule has 2 aromatic rings. The van der Waals surface area contributed by atoms with Crippen LogP contribution >= 0.6 is 0 Å². The second kappa shape index (κ2) is 9.56.